The summed E-state index contributed by atoms with van der Waals surface area (Å²) < 4.78 is 10.9. The van der Waals surface area contributed by atoms with Gasteiger partial charge in [-0.15, -0.1) is 11.8 Å². The van der Waals surface area contributed by atoms with Crippen LogP contribution in [0.25, 0.3) is 0 Å². The van der Waals surface area contributed by atoms with Gasteiger partial charge in [-0.05, 0) is 12.1 Å². The molecule has 0 radical (unpaired) electrons. The van der Waals surface area contributed by atoms with Crippen LogP contribution in [0.1, 0.15) is 6.23 Å². The Kier molecular flexibility index (Phi) is 8.72. The van der Waals surface area contributed by atoms with Gasteiger partial charge in [-0.3, -0.25) is 28.9 Å². The molecule has 3 rings (SSSR count). The van der Waals surface area contributed by atoms with Gasteiger partial charge in [-0.2, -0.15) is 5.26 Å². The molecule has 1 aliphatic rings. The molecule has 36 heavy (non-hydrogen) atoms. The first-order valence-corrected chi connectivity index (χ1v) is 11.3. The average Bonchev–Trinajstić information content (AvgIpc) is 3.15. The zero-order valence-electron chi connectivity index (χ0n) is 18.6. The molecule has 0 spiro atoms. The third-order valence-corrected chi connectivity index (χ3v) is 6.21. The number of esters is 1. The second-order valence-corrected chi connectivity index (χ2v) is 8.55. The molecule has 0 saturated carbocycles. The van der Waals surface area contributed by atoms with Crippen molar-refractivity contribution in [1.29, 1.82) is 5.26 Å². The second-order valence-electron chi connectivity index (χ2n) is 7.51. The standard InChI is InChI=1S/C21H21N5O9S/c1-34-20(32)14(17-15(29)16(30)19(35-17)26-6-4-13(28)24-21(26)33)25-18(31)11(7-22)12(27)9-36-10-3-2-5-23-8-10/h2-6,8,11,14-17,19,29-30H,9H2,1H3,(H,25,31)(H,24,28,33)/t11?,14-,15-,16+,17+,19+/m0/s1. The van der Waals surface area contributed by atoms with Crippen LogP contribution < -0.4 is 16.6 Å². The van der Waals surface area contributed by atoms with E-state index in [9.17, 15) is 39.4 Å². The summed E-state index contributed by atoms with van der Waals surface area (Å²) in [5, 5.41) is 32.5. The zero-order valence-corrected chi connectivity index (χ0v) is 19.5. The van der Waals surface area contributed by atoms with E-state index >= 15 is 0 Å². The van der Waals surface area contributed by atoms with E-state index in [1.807, 2.05) is 4.98 Å². The first kappa shape index (κ1) is 26.8. The summed E-state index contributed by atoms with van der Waals surface area (Å²) >= 11 is 1.06. The van der Waals surface area contributed by atoms with Crippen molar-refractivity contribution in [1.82, 2.24) is 19.9 Å². The Bertz CT molecular complexity index is 1270. The Balaban J connectivity index is 1.77. The summed E-state index contributed by atoms with van der Waals surface area (Å²) in [6.07, 6.45) is -2.69. The number of nitrogens with one attached hydrogen (secondary N) is 2. The van der Waals surface area contributed by atoms with Gasteiger partial charge in [0.15, 0.2) is 24.0 Å². The third kappa shape index (κ3) is 5.86. The van der Waals surface area contributed by atoms with Crippen molar-refractivity contribution >= 4 is 29.4 Å². The number of methoxy groups -OCH3 is 1. The quantitative estimate of drug-likeness (QED) is 0.156. The molecule has 14 nitrogen and oxygen atoms in total. The molecule has 1 amide bonds. The fourth-order valence-corrected chi connectivity index (χ4v) is 4.19. The molecule has 6 atom stereocenters. The van der Waals surface area contributed by atoms with E-state index in [4.69, 9.17) is 4.74 Å². The fourth-order valence-electron chi connectivity index (χ4n) is 3.40. The first-order chi connectivity index (χ1) is 17.2. The number of nitriles is 1. The molecular formula is C21H21N5O9S. The Morgan fingerprint density at radius 3 is 2.69 bits per heavy atom. The Morgan fingerprint density at radius 2 is 2.08 bits per heavy atom. The number of carbonyl (C=O) groups is 3. The van der Waals surface area contributed by atoms with Crippen molar-refractivity contribution in [2.75, 3.05) is 12.9 Å². The molecule has 1 unspecified atom stereocenters. The molecule has 3 heterocycles. The molecule has 2 aromatic rings. The van der Waals surface area contributed by atoms with Gasteiger partial charge in [0.2, 0.25) is 5.91 Å². The third-order valence-electron chi connectivity index (χ3n) is 5.21. The predicted molar refractivity (Wildman–Crippen MR) is 120 cm³/mol. The largest absolute Gasteiger partial charge is 0.467 e. The van der Waals surface area contributed by atoms with E-state index in [1.54, 1.807) is 24.4 Å². The topological polar surface area (TPSA) is 214 Å². The number of nitrogens with zero attached hydrogens (tertiary/aromatic N) is 3. The maximum atomic E-state index is 12.8. The monoisotopic (exact) mass is 519 g/mol. The number of aromatic amines is 1. The van der Waals surface area contributed by atoms with Gasteiger partial charge in [0.25, 0.3) is 5.56 Å². The number of amides is 1. The summed E-state index contributed by atoms with van der Waals surface area (Å²) in [6, 6.07) is 4.14. The van der Waals surface area contributed by atoms with E-state index in [1.165, 1.54) is 6.20 Å². The van der Waals surface area contributed by atoms with Gasteiger partial charge in [-0.25, -0.2) is 9.59 Å². The number of hydrogen-bond donors (Lipinski definition) is 4. The number of aliphatic hydroxyl groups is 2. The number of hydrogen-bond acceptors (Lipinski definition) is 12. The van der Waals surface area contributed by atoms with Crippen molar-refractivity contribution < 1.29 is 34.1 Å². The van der Waals surface area contributed by atoms with Crippen molar-refractivity contribution in [3.63, 3.8) is 0 Å². The highest BCUT2D eigenvalue weighted by atomic mass is 32.2. The van der Waals surface area contributed by atoms with Crippen LogP contribution in [0.4, 0.5) is 0 Å². The Hall–Kier alpha value is -3.84. The number of H-pyrrole nitrogens is 1. The van der Waals surface area contributed by atoms with Crippen molar-refractivity contribution in [3.05, 3.63) is 57.6 Å². The van der Waals surface area contributed by atoms with Crippen LogP contribution in [0.2, 0.25) is 0 Å². The molecular weight excluding hydrogens is 498 g/mol. The van der Waals surface area contributed by atoms with Crippen molar-refractivity contribution in [2.24, 2.45) is 5.92 Å². The molecule has 0 aliphatic carbocycles. The normalized spacial score (nSPS) is 22.7. The summed E-state index contributed by atoms with van der Waals surface area (Å²) in [5.41, 5.74) is -1.67. The molecule has 190 valence electrons. The Labute approximate surface area is 206 Å². The van der Waals surface area contributed by atoms with Gasteiger partial charge in [0, 0.05) is 29.6 Å². The fraction of sp³-hybridized carbons (Fsp3) is 0.381. The van der Waals surface area contributed by atoms with Crippen LogP contribution in [-0.2, 0) is 23.9 Å². The van der Waals surface area contributed by atoms with Gasteiger partial charge >= 0.3 is 11.7 Å². The van der Waals surface area contributed by atoms with Crippen LogP contribution in [0.3, 0.4) is 0 Å². The molecule has 1 fully saturated rings. The first-order valence-electron chi connectivity index (χ1n) is 10.3. The molecule has 4 N–H and O–H groups in total. The Morgan fingerprint density at radius 1 is 1.33 bits per heavy atom. The second kappa shape index (κ2) is 11.7. The highest BCUT2D eigenvalue weighted by Crippen LogP contribution is 2.30. The number of rotatable bonds is 9. The maximum Gasteiger partial charge on any atom is 0.331 e. The number of Topliss-reactive ketones (excluding diaryl/α,β-unsaturated/α-hetero) is 1. The number of carbonyl (C=O) groups excluding carboxylic acids is 3. The smallest absolute Gasteiger partial charge is 0.331 e. The molecule has 0 aromatic carbocycles. The van der Waals surface area contributed by atoms with E-state index in [2.05, 4.69) is 15.0 Å². The van der Waals surface area contributed by atoms with Gasteiger partial charge < -0.3 is 25.0 Å². The molecule has 1 aliphatic heterocycles. The number of pyridine rings is 1. The van der Waals surface area contributed by atoms with Gasteiger partial charge in [0.1, 0.15) is 18.3 Å². The number of ether oxygens (including phenoxy) is 2. The minimum Gasteiger partial charge on any atom is -0.467 e. The van der Waals surface area contributed by atoms with E-state index in [0.717, 1.165) is 35.7 Å². The summed E-state index contributed by atoms with van der Waals surface area (Å²) in [5.74, 6) is -5.05. The lowest BCUT2D eigenvalue weighted by molar-refractivity contribution is -0.153. The van der Waals surface area contributed by atoms with Crippen molar-refractivity contribution in [3.8, 4) is 6.07 Å². The molecule has 2 aromatic heterocycles. The maximum absolute atomic E-state index is 12.8. The SMILES string of the molecule is COC(=O)[C@@H](NC(=O)C(C#N)C(=O)CSc1cccnc1)[C@H]1O[C@@H](n2ccc(=O)[nH]c2=O)[C@H](O)[C@@H]1O. The molecule has 0 bridgehead atoms. The summed E-state index contributed by atoms with van der Waals surface area (Å²) in [6.45, 7) is 0. The van der Waals surface area contributed by atoms with Crippen LogP contribution in [0, 0.1) is 17.2 Å². The predicted octanol–water partition coefficient (Wildman–Crippen LogP) is -2.29. The number of aliphatic hydroxyl groups excluding tert-OH is 2. The average molecular weight is 519 g/mol. The highest BCUT2D eigenvalue weighted by Gasteiger charge is 2.51. The van der Waals surface area contributed by atoms with E-state index in [0.29, 0.717) is 4.90 Å². The van der Waals surface area contributed by atoms with Crippen LogP contribution in [-0.4, -0.2) is 79.6 Å². The summed E-state index contributed by atoms with van der Waals surface area (Å²) in [4.78, 5) is 67.6. The minimum absolute atomic E-state index is 0.237. The van der Waals surface area contributed by atoms with Crippen LogP contribution in [0.15, 0.2) is 51.3 Å². The molecule has 15 heteroatoms. The molecule has 1 saturated heterocycles. The number of thioether (sulfide) groups is 1. The van der Waals surface area contributed by atoms with E-state index in [-0.39, 0.29) is 5.75 Å². The van der Waals surface area contributed by atoms with Crippen molar-refractivity contribution in [2.45, 2.75) is 35.5 Å². The van der Waals surface area contributed by atoms with Gasteiger partial charge in [0.05, 0.1) is 18.9 Å². The van der Waals surface area contributed by atoms with Crippen LogP contribution >= 0.6 is 11.8 Å². The lowest BCUT2D eigenvalue weighted by atomic mass is 10.0. The number of ketones is 1. The summed E-state index contributed by atoms with van der Waals surface area (Å²) in [7, 11) is 0.987. The van der Waals surface area contributed by atoms with E-state index < -0.39 is 65.4 Å². The zero-order chi connectivity index (χ0) is 26.4. The highest BCUT2D eigenvalue weighted by molar-refractivity contribution is 8.00. The lowest BCUT2D eigenvalue weighted by Crippen LogP contribution is -2.55. The number of aromatic nitrogens is 3. The lowest BCUT2D eigenvalue weighted by Gasteiger charge is -2.25. The van der Waals surface area contributed by atoms with Gasteiger partial charge in [-0.1, -0.05) is 0 Å². The minimum atomic E-state index is -1.81. The van der Waals surface area contributed by atoms with Crippen LogP contribution in [0.5, 0.6) is 0 Å².